The largest absolute Gasteiger partial charge is 0.497 e. The average molecular weight is 474 g/mol. The van der Waals surface area contributed by atoms with E-state index < -0.39 is 10.0 Å². The third-order valence-electron chi connectivity index (χ3n) is 4.34. The normalized spacial score (nSPS) is 11.3. The van der Waals surface area contributed by atoms with Gasteiger partial charge in [-0.3, -0.25) is 14.8 Å². The highest BCUT2D eigenvalue weighted by atomic mass is 35.5. The minimum Gasteiger partial charge on any atom is -0.497 e. The Morgan fingerprint density at radius 1 is 1.03 bits per heavy atom. The van der Waals surface area contributed by atoms with Crippen LogP contribution in [0.15, 0.2) is 71.6 Å². The summed E-state index contributed by atoms with van der Waals surface area (Å²) in [6.07, 6.45) is 0. The molecule has 1 heterocycles. The van der Waals surface area contributed by atoms with Crippen molar-refractivity contribution < 1.29 is 17.9 Å². The number of thiazole rings is 1. The van der Waals surface area contributed by atoms with Gasteiger partial charge in [0.05, 0.1) is 22.2 Å². The van der Waals surface area contributed by atoms with Crippen molar-refractivity contribution in [3.05, 3.63) is 77.3 Å². The van der Waals surface area contributed by atoms with Crippen LogP contribution in [0.5, 0.6) is 5.75 Å². The molecular formula is C21H16ClN3O4S2. The number of carbonyl (C=O) groups excluding carboxylic acids is 1. The fourth-order valence-corrected chi connectivity index (χ4v) is 4.85. The van der Waals surface area contributed by atoms with Crippen LogP contribution in [-0.2, 0) is 10.0 Å². The first kappa shape index (κ1) is 21.1. The Hall–Kier alpha value is -3.14. The fraction of sp³-hybridized carbons (Fsp3) is 0.0476. The molecule has 4 aromatic rings. The number of hydrogen-bond donors (Lipinski definition) is 2. The zero-order valence-electron chi connectivity index (χ0n) is 16.1. The monoisotopic (exact) mass is 473 g/mol. The van der Waals surface area contributed by atoms with E-state index in [9.17, 15) is 13.2 Å². The highest BCUT2D eigenvalue weighted by molar-refractivity contribution is 7.92. The van der Waals surface area contributed by atoms with Crippen LogP contribution in [-0.4, -0.2) is 26.4 Å². The summed E-state index contributed by atoms with van der Waals surface area (Å²) >= 11 is 7.14. The fourth-order valence-electron chi connectivity index (χ4n) is 2.77. The number of methoxy groups -OCH3 is 1. The molecule has 0 radical (unpaired) electrons. The zero-order chi connectivity index (χ0) is 22.0. The van der Waals surface area contributed by atoms with Gasteiger partial charge in [0.2, 0.25) is 0 Å². The van der Waals surface area contributed by atoms with Crippen molar-refractivity contribution in [3.8, 4) is 5.75 Å². The Labute approximate surface area is 187 Å². The topological polar surface area (TPSA) is 97.4 Å². The minimum atomic E-state index is -3.76. The molecule has 0 aliphatic carbocycles. The first-order valence-electron chi connectivity index (χ1n) is 8.98. The number of benzene rings is 3. The van der Waals surface area contributed by atoms with Crippen molar-refractivity contribution in [2.45, 2.75) is 4.90 Å². The Kier molecular flexibility index (Phi) is 5.81. The Morgan fingerprint density at radius 2 is 1.74 bits per heavy atom. The van der Waals surface area contributed by atoms with Crippen LogP contribution in [0.4, 0.5) is 10.8 Å². The van der Waals surface area contributed by atoms with E-state index in [1.165, 1.54) is 59.9 Å². The van der Waals surface area contributed by atoms with Crippen molar-refractivity contribution >= 4 is 59.9 Å². The highest BCUT2D eigenvalue weighted by Crippen LogP contribution is 2.29. The average Bonchev–Trinajstić information content (AvgIpc) is 3.15. The molecule has 0 saturated heterocycles. The quantitative estimate of drug-likeness (QED) is 0.410. The number of nitrogens with zero attached hydrogens (tertiary/aromatic N) is 1. The lowest BCUT2D eigenvalue weighted by Crippen LogP contribution is -2.14. The summed E-state index contributed by atoms with van der Waals surface area (Å²) in [7, 11) is -2.17. The van der Waals surface area contributed by atoms with E-state index in [1.54, 1.807) is 13.2 Å². The van der Waals surface area contributed by atoms with Gasteiger partial charge in [0.1, 0.15) is 5.75 Å². The molecule has 0 spiro atoms. The predicted octanol–water partition coefficient (Wildman–Crippen LogP) is 5.01. The van der Waals surface area contributed by atoms with Gasteiger partial charge in [-0.2, -0.15) is 0 Å². The number of aromatic nitrogens is 1. The first-order chi connectivity index (χ1) is 14.8. The number of nitrogens with one attached hydrogen (secondary N) is 2. The van der Waals surface area contributed by atoms with Crippen LogP contribution in [0.3, 0.4) is 0 Å². The Bertz CT molecular complexity index is 1350. The molecule has 1 amide bonds. The molecule has 3 aromatic carbocycles. The van der Waals surface area contributed by atoms with Crippen LogP contribution >= 0.6 is 22.9 Å². The molecule has 1 aromatic heterocycles. The molecule has 0 bridgehead atoms. The molecule has 0 atom stereocenters. The van der Waals surface area contributed by atoms with E-state index in [-0.39, 0.29) is 10.8 Å². The van der Waals surface area contributed by atoms with Crippen molar-refractivity contribution in [1.29, 1.82) is 0 Å². The molecule has 158 valence electrons. The van der Waals surface area contributed by atoms with Crippen LogP contribution in [0.25, 0.3) is 10.2 Å². The summed E-state index contributed by atoms with van der Waals surface area (Å²) in [5, 5.41) is 3.67. The van der Waals surface area contributed by atoms with Crippen molar-refractivity contribution in [3.63, 3.8) is 0 Å². The van der Waals surface area contributed by atoms with Crippen LogP contribution in [0.1, 0.15) is 10.4 Å². The maximum absolute atomic E-state index is 12.5. The molecule has 2 N–H and O–H groups in total. The predicted molar refractivity (Wildman–Crippen MR) is 123 cm³/mol. The smallest absolute Gasteiger partial charge is 0.261 e. The maximum Gasteiger partial charge on any atom is 0.261 e. The number of fused-ring (bicyclic) bond motifs is 1. The number of halogens is 1. The van der Waals surface area contributed by atoms with Gasteiger partial charge < -0.3 is 4.74 Å². The van der Waals surface area contributed by atoms with Gasteiger partial charge in [-0.25, -0.2) is 13.4 Å². The van der Waals surface area contributed by atoms with Gasteiger partial charge in [0, 0.05) is 16.3 Å². The molecular weight excluding hydrogens is 458 g/mol. The number of rotatable bonds is 6. The molecule has 0 unspecified atom stereocenters. The lowest BCUT2D eigenvalue weighted by atomic mass is 10.2. The van der Waals surface area contributed by atoms with Gasteiger partial charge >= 0.3 is 0 Å². The maximum atomic E-state index is 12.5. The Balaban J connectivity index is 1.46. The van der Waals surface area contributed by atoms with Gasteiger partial charge in [-0.1, -0.05) is 22.9 Å². The van der Waals surface area contributed by atoms with Gasteiger partial charge in [-0.15, -0.1) is 0 Å². The van der Waals surface area contributed by atoms with Crippen LogP contribution in [0.2, 0.25) is 5.02 Å². The highest BCUT2D eigenvalue weighted by Gasteiger charge is 2.15. The number of ether oxygens (including phenoxy) is 1. The number of carbonyl (C=O) groups is 1. The van der Waals surface area contributed by atoms with E-state index in [2.05, 4.69) is 15.0 Å². The standard InChI is InChI=1S/C21H16ClN3O4S2/c1-29-16-8-11-18-19(12-16)30-21(23-18)24-20(26)13-2-6-15(7-3-13)25-31(27,28)17-9-4-14(22)5-10-17/h2-12,25H,1H3,(H,23,24,26). The SMILES string of the molecule is COc1ccc2nc(NC(=O)c3ccc(NS(=O)(=O)c4ccc(Cl)cc4)cc3)sc2c1. The van der Waals surface area contributed by atoms with E-state index in [0.29, 0.717) is 27.2 Å². The summed E-state index contributed by atoms with van der Waals surface area (Å²) in [5.41, 5.74) is 1.46. The van der Waals surface area contributed by atoms with E-state index in [1.807, 2.05) is 12.1 Å². The molecule has 0 fully saturated rings. The summed E-state index contributed by atoms with van der Waals surface area (Å²) < 4.78 is 33.5. The number of sulfonamides is 1. The minimum absolute atomic E-state index is 0.0891. The van der Waals surface area contributed by atoms with Gasteiger partial charge in [0.25, 0.3) is 15.9 Å². The number of hydrogen-bond acceptors (Lipinski definition) is 6. The van der Waals surface area contributed by atoms with E-state index in [0.717, 1.165) is 10.2 Å². The third-order valence-corrected chi connectivity index (χ3v) is 6.92. The van der Waals surface area contributed by atoms with Crippen LogP contribution in [0, 0.1) is 0 Å². The molecule has 31 heavy (non-hydrogen) atoms. The van der Waals surface area contributed by atoms with Crippen molar-refractivity contribution in [2.24, 2.45) is 0 Å². The van der Waals surface area contributed by atoms with E-state index >= 15 is 0 Å². The molecule has 0 aliphatic rings. The lowest BCUT2D eigenvalue weighted by Gasteiger charge is -2.09. The molecule has 0 aliphatic heterocycles. The zero-order valence-corrected chi connectivity index (χ0v) is 18.5. The third kappa shape index (κ3) is 4.79. The van der Waals surface area contributed by atoms with Crippen molar-refractivity contribution in [2.75, 3.05) is 17.1 Å². The second kappa shape index (κ2) is 8.54. The summed E-state index contributed by atoms with van der Waals surface area (Å²) in [6.45, 7) is 0. The molecule has 10 heteroatoms. The number of anilines is 2. The molecule has 7 nitrogen and oxygen atoms in total. The van der Waals surface area contributed by atoms with Crippen LogP contribution < -0.4 is 14.8 Å². The lowest BCUT2D eigenvalue weighted by molar-refractivity contribution is 0.102. The Morgan fingerprint density at radius 3 is 2.42 bits per heavy atom. The number of amides is 1. The second-order valence-electron chi connectivity index (χ2n) is 6.44. The molecule has 0 saturated carbocycles. The summed E-state index contributed by atoms with van der Waals surface area (Å²) in [5.74, 6) is 0.365. The summed E-state index contributed by atoms with van der Waals surface area (Å²) in [6, 6.07) is 17.4. The first-order valence-corrected chi connectivity index (χ1v) is 11.7. The summed E-state index contributed by atoms with van der Waals surface area (Å²) in [4.78, 5) is 17.0. The molecule has 4 rings (SSSR count). The van der Waals surface area contributed by atoms with Gasteiger partial charge in [-0.05, 0) is 66.7 Å². The van der Waals surface area contributed by atoms with Gasteiger partial charge in [0.15, 0.2) is 5.13 Å². The van der Waals surface area contributed by atoms with E-state index in [4.69, 9.17) is 16.3 Å². The van der Waals surface area contributed by atoms with Crippen molar-refractivity contribution in [1.82, 2.24) is 4.98 Å². The second-order valence-corrected chi connectivity index (χ2v) is 9.59.